The molecule has 2 N–H and O–H groups in total. The van der Waals surface area contributed by atoms with Gasteiger partial charge in [0.25, 0.3) is 11.6 Å². The maximum absolute atomic E-state index is 11.9. The van der Waals surface area contributed by atoms with E-state index in [2.05, 4.69) is 21.2 Å². The van der Waals surface area contributed by atoms with Gasteiger partial charge in [-0.2, -0.15) is 0 Å². The molecule has 2 aromatic rings. The Morgan fingerprint density at radius 3 is 2.43 bits per heavy atom. The molecule has 1 aromatic heterocycles. The van der Waals surface area contributed by atoms with Crippen LogP contribution in [0.4, 0.5) is 11.4 Å². The van der Waals surface area contributed by atoms with Crippen molar-refractivity contribution in [2.24, 2.45) is 0 Å². The quantitative estimate of drug-likeness (QED) is 0.642. The molecule has 0 aliphatic rings. The fourth-order valence-electron chi connectivity index (χ4n) is 1.48. The zero-order valence-electron chi connectivity index (χ0n) is 10.2. The highest BCUT2D eigenvalue weighted by Gasteiger charge is 2.17. The molecule has 108 valence electrons. The van der Waals surface area contributed by atoms with E-state index in [1.54, 1.807) is 0 Å². The zero-order chi connectivity index (χ0) is 15.6. The molecule has 0 fully saturated rings. The Morgan fingerprint density at radius 2 is 1.90 bits per heavy atom. The van der Waals surface area contributed by atoms with Crippen LogP contribution in [0, 0.1) is 10.1 Å². The molecule has 0 bridgehead atoms. The Bertz CT molecular complexity index is 739. The first kappa shape index (κ1) is 14.7. The highest BCUT2D eigenvalue weighted by Crippen LogP contribution is 2.27. The van der Waals surface area contributed by atoms with Crippen molar-refractivity contribution < 1.29 is 24.0 Å². The Kier molecular flexibility index (Phi) is 4.03. The van der Waals surface area contributed by atoms with Crippen molar-refractivity contribution in [3.63, 3.8) is 0 Å². The monoisotopic (exact) mass is 354 g/mol. The standard InChI is InChI=1S/C12H7BrN2O6/c13-7-5-6(15(19)20)1-2-8(7)14-11(16)9-3-4-10(21-9)12(17)18/h1-5H,(H,14,16)(H,17,18). The number of anilines is 1. The summed E-state index contributed by atoms with van der Waals surface area (Å²) in [7, 11) is 0. The minimum atomic E-state index is -1.29. The zero-order valence-corrected chi connectivity index (χ0v) is 11.8. The number of hydrogen-bond acceptors (Lipinski definition) is 5. The highest BCUT2D eigenvalue weighted by molar-refractivity contribution is 9.10. The van der Waals surface area contributed by atoms with Gasteiger partial charge in [-0.3, -0.25) is 14.9 Å². The van der Waals surface area contributed by atoms with E-state index >= 15 is 0 Å². The summed E-state index contributed by atoms with van der Waals surface area (Å²) in [4.78, 5) is 32.6. The van der Waals surface area contributed by atoms with Crippen LogP contribution in [0.25, 0.3) is 0 Å². The van der Waals surface area contributed by atoms with Crippen molar-refractivity contribution in [1.82, 2.24) is 0 Å². The van der Waals surface area contributed by atoms with E-state index in [9.17, 15) is 19.7 Å². The summed E-state index contributed by atoms with van der Waals surface area (Å²) in [6.07, 6.45) is 0. The molecule has 8 nitrogen and oxygen atoms in total. The average Bonchev–Trinajstić information content (AvgIpc) is 2.90. The number of nitro benzene ring substituents is 1. The summed E-state index contributed by atoms with van der Waals surface area (Å²) in [5, 5.41) is 21.8. The lowest BCUT2D eigenvalue weighted by molar-refractivity contribution is -0.384. The van der Waals surface area contributed by atoms with Gasteiger partial charge in [-0.1, -0.05) is 0 Å². The SMILES string of the molecule is O=C(O)c1ccc(C(=O)Nc2ccc([N+](=O)[O-])cc2Br)o1. The third-order valence-corrected chi connectivity index (χ3v) is 3.11. The molecule has 0 unspecified atom stereocenters. The fraction of sp³-hybridized carbons (Fsp3) is 0. The van der Waals surface area contributed by atoms with Gasteiger partial charge < -0.3 is 14.8 Å². The molecule has 0 spiro atoms. The first-order valence-electron chi connectivity index (χ1n) is 5.47. The van der Waals surface area contributed by atoms with Gasteiger partial charge in [-0.05, 0) is 34.1 Å². The molecule has 1 heterocycles. The summed E-state index contributed by atoms with van der Waals surface area (Å²) in [6.45, 7) is 0. The molecule has 0 aliphatic carbocycles. The summed E-state index contributed by atoms with van der Waals surface area (Å²) in [5.41, 5.74) is 0.157. The Labute approximate surface area is 125 Å². The Morgan fingerprint density at radius 1 is 1.24 bits per heavy atom. The molecule has 9 heteroatoms. The molecule has 0 radical (unpaired) electrons. The number of nitrogens with zero attached hydrogens (tertiary/aromatic N) is 1. The predicted molar refractivity (Wildman–Crippen MR) is 74.4 cm³/mol. The minimum absolute atomic E-state index is 0.133. The number of furan rings is 1. The van der Waals surface area contributed by atoms with Crippen molar-refractivity contribution >= 4 is 39.2 Å². The van der Waals surface area contributed by atoms with Crippen LogP contribution in [0.2, 0.25) is 0 Å². The van der Waals surface area contributed by atoms with Crippen molar-refractivity contribution in [1.29, 1.82) is 0 Å². The summed E-state index contributed by atoms with van der Waals surface area (Å²) in [5.74, 6) is -2.50. The molecule has 1 aromatic carbocycles. The molecule has 0 saturated carbocycles. The van der Waals surface area contributed by atoms with Gasteiger partial charge in [-0.25, -0.2) is 4.79 Å². The third kappa shape index (κ3) is 3.26. The normalized spacial score (nSPS) is 10.1. The smallest absolute Gasteiger partial charge is 0.371 e. The Balaban J connectivity index is 2.19. The molecule has 0 saturated heterocycles. The number of amides is 1. The van der Waals surface area contributed by atoms with Gasteiger partial charge in [0.05, 0.1) is 10.6 Å². The molecule has 0 aliphatic heterocycles. The van der Waals surface area contributed by atoms with E-state index in [1.807, 2.05) is 0 Å². The van der Waals surface area contributed by atoms with Crippen LogP contribution in [-0.2, 0) is 0 Å². The number of non-ortho nitro benzene ring substituents is 1. The van der Waals surface area contributed by atoms with Gasteiger partial charge in [-0.15, -0.1) is 0 Å². The number of hydrogen-bond donors (Lipinski definition) is 2. The number of nitro groups is 1. The second kappa shape index (κ2) is 5.75. The van der Waals surface area contributed by atoms with Crippen LogP contribution < -0.4 is 5.32 Å². The molecular formula is C12H7BrN2O6. The number of aromatic carboxylic acids is 1. The first-order valence-corrected chi connectivity index (χ1v) is 6.26. The average molecular weight is 355 g/mol. The van der Waals surface area contributed by atoms with Crippen LogP contribution in [0.15, 0.2) is 39.2 Å². The van der Waals surface area contributed by atoms with Gasteiger partial charge >= 0.3 is 5.97 Å². The summed E-state index contributed by atoms with van der Waals surface area (Å²) < 4.78 is 5.16. The predicted octanol–water partition coefficient (Wildman–Crippen LogP) is 2.90. The van der Waals surface area contributed by atoms with E-state index in [0.29, 0.717) is 10.2 Å². The van der Waals surface area contributed by atoms with Crippen LogP contribution >= 0.6 is 15.9 Å². The van der Waals surface area contributed by atoms with E-state index in [4.69, 9.17) is 9.52 Å². The lowest BCUT2D eigenvalue weighted by Gasteiger charge is -2.05. The fourth-order valence-corrected chi connectivity index (χ4v) is 1.94. The maximum atomic E-state index is 11.9. The van der Waals surface area contributed by atoms with Gasteiger partial charge in [0.15, 0.2) is 5.76 Å². The minimum Gasteiger partial charge on any atom is -0.475 e. The molecule has 21 heavy (non-hydrogen) atoms. The lowest BCUT2D eigenvalue weighted by atomic mass is 10.3. The number of carbonyl (C=O) groups is 2. The van der Waals surface area contributed by atoms with Gasteiger partial charge in [0.2, 0.25) is 5.76 Å². The van der Waals surface area contributed by atoms with Crippen molar-refractivity contribution in [2.45, 2.75) is 0 Å². The number of benzene rings is 1. The molecular weight excluding hydrogens is 348 g/mol. The van der Waals surface area contributed by atoms with Gasteiger partial charge in [0, 0.05) is 16.6 Å². The second-order valence-corrected chi connectivity index (χ2v) is 4.70. The third-order valence-electron chi connectivity index (χ3n) is 2.45. The topological polar surface area (TPSA) is 123 Å². The van der Waals surface area contributed by atoms with Crippen LogP contribution in [-0.4, -0.2) is 21.9 Å². The number of rotatable bonds is 4. The van der Waals surface area contributed by atoms with Crippen LogP contribution in [0.1, 0.15) is 21.1 Å². The summed E-state index contributed by atoms with van der Waals surface area (Å²) >= 11 is 3.10. The molecule has 1 amide bonds. The first-order chi connectivity index (χ1) is 9.88. The van der Waals surface area contributed by atoms with Crippen molar-refractivity contribution in [3.8, 4) is 0 Å². The lowest BCUT2D eigenvalue weighted by Crippen LogP contribution is -2.11. The molecule has 2 rings (SSSR count). The largest absolute Gasteiger partial charge is 0.475 e. The van der Waals surface area contributed by atoms with Crippen LogP contribution in [0.3, 0.4) is 0 Å². The number of carboxylic acid groups (broad SMARTS) is 1. The Hall–Kier alpha value is -2.68. The number of carboxylic acids is 1. The van der Waals surface area contributed by atoms with E-state index in [1.165, 1.54) is 24.3 Å². The highest BCUT2D eigenvalue weighted by atomic mass is 79.9. The number of halogens is 1. The second-order valence-electron chi connectivity index (χ2n) is 3.84. The van der Waals surface area contributed by atoms with E-state index in [-0.39, 0.29) is 17.2 Å². The summed E-state index contributed by atoms with van der Waals surface area (Å²) in [6, 6.07) is 6.19. The van der Waals surface area contributed by atoms with Gasteiger partial charge in [0.1, 0.15) is 0 Å². The van der Waals surface area contributed by atoms with Crippen molar-refractivity contribution in [3.05, 3.63) is 56.4 Å². The van der Waals surface area contributed by atoms with Crippen LogP contribution in [0.5, 0.6) is 0 Å². The maximum Gasteiger partial charge on any atom is 0.371 e. The number of carbonyl (C=O) groups excluding carboxylic acids is 1. The molecule has 0 atom stereocenters. The number of nitrogens with one attached hydrogen (secondary N) is 1. The van der Waals surface area contributed by atoms with Crippen molar-refractivity contribution in [2.75, 3.05) is 5.32 Å². The van der Waals surface area contributed by atoms with E-state index < -0.39 is 16.8 Å². The van der Waals surface area contributed by atoms with E-state index in [0.717, 1.165) is 6.07 Å².